The van der Waals surface area contributed by atoms with Crippen molar-refractivity contribution in [3.63, 3.8) is 0 Å². The Labute approximate surface area is 108 Å². The molecule has 0 atom stereocenters. The summed E-state index contributed by atoms with van der Waals surface area (Å²) in [5.41, 5.74) is -3.33. The molecular weight excluding hydrogens is 282 g/mol. The smallest absolute Gasteiger partial charge is 0.258 e. The van der Waals surface area contributed by atoms with Crippen LogP contribution in [-0.2, 0) is 0 Å². The highest BCUT2D eigenvalue weighted by atomic mass is 16.7. The fourth-order valence-corrected chi connectivity index (χ4v) is 1.50. The highest BCUT2D eigenvalue weighted by molar-refractivity contribution is 5.79. The van der Waals surface area contributed by atoms with Crippen LogP contribution in [0.5, 0.6) is 0 Å². The van der Waals surface area contributed by atoms with Crippen LogP contribution in [0.15, 0.2) is 6.07 Å². The van der Waals surface area contributed by atoms with Gasteiger partial charge in [0.25, 0.3) is 11.4 Å². The molecule has 0 heterocycles. The summed E-state index contributed by atoms with van der Waals surface area (Å²) in [5.74, 6) is 0. The topological polar surface area (TPSA) is 185 Å². The minimum Gasteiger partial charge on any atom is -0.258 e. The summed E-state index contributed by atoms with van der Waals surface area (Å²) in [6.45, 7) is 0.963. The summed E-state index contributed by atoms with van der Waals surface area (Å²) in [6.07, 6.45) is 0. The first-order valence-electron chi connectivity index (χ1n) is 4.68. The molecule has 20 heavy (non-hydrogen) atoms. The van der Waals surface area contributed by atoms with Gasteiger partial charge in [0.1, 0.15) is 5.56 Å². The predicted octanol–water partition coefficient (Wildman–Crippen LogP) is 1.32. The summed E-state index contributed by atoms with van der Waals surface area (Å²) < 4.78 is 0. The first kappa shape index (κ1) is 14.7. The molecule has 0 saturated heterocycles. The molecule has 106 valence electrons. The van der Waals surface area contributed by atoms with Crippen LogP contribution in [0, 0.1) is 47.4 Å². The van der Waals surface area contributed by atoms with Crippen molar-refractivity contribution in [3.05, 3.63) is 52.1 Å². The normalized spacial score (nSPS) is 9.85. The van der Waals surface area contributed by atoms with E-state index in [1.807, 2.05) is 0 Å². The zero-order chi connectivity index (χ0) is 15.6. The van der Waals surface area contributed by atoms with Crippen LogP contribution in [0.2, 0.25) is 0 Å². The maximum absolute atomic E-state index is 10.9. The number of nitro groups is 4. The monoisotopic (exact) mass is 287 g/mol. The minimum absolute atomic E-state index is 0.425. The van der Waals surface area contributed by atoms with Crippen molar-refractivity contribution in [2.24, 2.45) is 0 Å². The van der Waals surface area contributed by atoms with Gasteiger partial charge in [0.15, 0.2) is 5.03 Å². The molecule has 0 aromatic heterocycles. The van der Waals surface area contributed by atoms with Crippen molar-refractivity contribution in [2.45, 2.75) is 6.92 Å². The average molecular weight is 287 g/mol. The molecule has 13 nitrogen and oxygen atoms in total. The molecule has 0 spiro atoms. The largest absolute Gasteiger partial charge is 0.315 e. The number of hydrogen-bond acceptors (Lipinski definition) is 8. The third-order valence-electron chi connectivity index (χ3n) is 2.28. The quantitative estimate of drug-likeness (QED) is 0.615. The van der Waals surface area contributed by atoms with E-state index < -0.39 is 48.1 Å². The molecule has 13 heteroatoms. The number of nitro benzene ring substituents is 3. The van der Waals surface area contributed by atoms with Gasteiger partial charge in [-0.05, 0) is 6.92 Å². The molecular formula is C7H5N5O8. The van der Waals surface area contributed by atoms with Crippen LogP contribution in [0.25, 0.3) is 0 Å². The Kier molecular flexibility index (Phi) is 3.73. The molecule has 0 aliphatic carbocycles. The number of benzene rings is 1. The molecule has 0 aliphatic rings. The van der Waals surface area contributed by atoms with E-state index in [-0.39, 0.29) is 0 Å². The number of hydrazine groups is 1. The molecule has 0 fully saturated rings. The highest BCUT2D eigenvalue weighted by Crippen LogP contribution is 2.41. The Morgan fingerprint density at radius 1 is 0.900 bits per heavy atom. The lowest BCUT2D eigenvalue weighted by Gasteiger charge is -2.04. The van der Waals surface area contributed by atoms with Gasteiger partial charge in [0.2, 0.25) is 0 Å². The molecule has 1 aromatic rings. The SMILES string of the molecule is Cc1c([N+](=O)[O-])cc([N+](=O)[O-])c(N[N+](=O)[O-])c1[N+](=O)[O-]. The van der Waals surface area contributed by atoms with Gasteiger partial charge in [0.05, 0.1) is 20.8 Å². The first-order chi connectivity index (χ1) is 9.16. The van der Waals surface area contributed by atoms with Crippen molar-refractivity contribution in [1.29, 1.82) is 0 Å². The summed E-state index contributed by atoms with van der Waals surface area (Å²) in [4.78, 5) is 39.3. The lowest BCUT2D eigenvalue weighted by atomic mass is 10.1. The number of nitrogens with zero attached hydrogens (tertiary/aromatic N) is 4. The van der Waals surface area contributed by atoms with E-state index in [0.717, 1.165) is 6.92 Å². The highest BCUT2D eigenvalue weighted by Gasteiger charge is 2.36. The second kappa shape index (κ2) is 5.09. The molecule has 0 aliphatic heterocycles. The standard InChI is InChI=1S/C7H5N5O8/c1-3-4(9(13)14)2-5(10(15)16)6(8-12(19)20)7(3)11(17)18/h2,8H,1H3. The van der Waals surface area contributed by atoms with Crippen LogP contribution in [0.3, 0.4) is 0 Å². The number of nitrogens with one attached hydrogen (secondary N) is 1. The van der Waals surface area contributed by atoms with Gasteiger partial charge >= 0.3 is 11.4 Å². The lowest BCUT2D eigenvalue weighted by Crippen LogP contribution is -2.13. The Morgan fingerprint density at radius 3 is 1.75 bits per heavy atom. The van der Waals surface area contributed by atoms with Crippen molar-refractivity contribution in [2.75, 3.05) is 5.43 Å². The fourth-order valence-electron chi connectivity index (χ4n) is 1.50. The molecule has 0 bridgehead atoms. The van der Waals surface area contributed by atoms with Crippen LogP contribution >= 0.6 is 0 Å². The van der Waals surface area contributed by atoms with E-state index in [9.17, 15) is 40.5 Å². The van der Waals surface area contributed by atoms with E-state index in [4.69, 9.17) is 0 Å². The first-order valence-corrected chi connectivity index (χ1v) is 4.68. The molecule has 0 radical (unpaired) electrons. The van der Waals surface area contributed by atoms with Gasteiger partial charge in [0, 0.05) is 0 Å². The Hall–Kier alpha value is -3.38. The lowest BCUT2D eigenvalue weighted by molar-refractivity contribution is -0.450. The maximum atomic E-state index is 10.9. The van der Waals surface area contributed by atoms with Crippen LogP contribution < -0.4 is 5.43 Å². The van der Waals surface area contributed by atoms with Gasteiger partial charge in [-0.1, -0.05) is 5.43 Å². The van der Waals surface area contributed by atoms with Crippen LogP contribution in [0.4, 0.5) is 22.7 Å². The summed E-state index contributed by atoms with van der Waals surface area (Å²) >= 11 is 0. The molecule has 1 aromatic carbocycles. The van der Waals surface area contributed by atoms with E-state index in [0.29, 0.717) is 6.07 Å². The van der Waals surface area contributed by atoms with Crippen molar-refractivity contribution in [1.82, 2.24) is 0 Å². The second-order valence-electron chi connectivity index (χ2n) is 3.40. The van der Waals surface area contributed by atoms with E-state index in [1.165, 1.54) is 5.43 Å². The van der Waals surface area contributed by atoms with Gasteiger partial charge in [-0.15, -0.1) is 0 Å². The third-order valence-corrected chi connectivity index (χ3v) is 2.28. The number of rotatable bonds is 5. The Balaban J connectivity index is 3.82. The van der Waals surface area contributed by atoms with E-state index >= 15 is 0 Å². The average Bonchev–Trinajstić information content (AvgIpc) is 2.26. The van der Waals surface area contributed by atoms with Gasteiger partial charge in [-0.25, -0.2) is 10.1 Å². The molecule has 1 rings (SSSR count). The molecule has 0 amide bonds. The van der Waals surface area contributed by atoms with Crippen molar-refractivity contribution < 1.29 is 19.8 Å². The number of anilines is 1. The Morgan fingerprint density at radius 2 is 1.40 bits per heavy atom. The third kappa shape index (κ3) is 2.55. The van der Waals surface area contributed by atoms with E-state index in [2.05, 4.69) is 0 Å². The van der Waals surface area contributed by atoms with Crippen molar-refractivity contribution >= 4 is 22.7 Å². The zero-order valence-electron chi connectivity index (χ0n) is 9.63. The Bertz CT molecular complexity index is 641. The molecule has 0 unspecified atom stereocenters. The summed E-state index contributed by atoms with van der Waals surface area (Å²) in [7, 11) is 0. The van der Waals surface area contributed by atoms with E-state index in [1.54, 1.807) is 0 Å². The summed E-state index contributed by atoms with van der Waals surface area (Å²) in [6, 6.07) is 0.425. The number of hydrogen-bond donors (Lipinski definition) is 1. The maximum Gasteiger partial charge on any atom is 0.315 e. The molecule has 0 saturated carbocycles. The minimum atomic E-state index is -1.24. The summed E-state index contributed by atoms with van der Waals surface area (Å²) in [5, 5.41) is 41.5. The van der Waals surface area contributed by atoms with Gasteiger partial charge in [-0.3, -0.25) is 30.3 Å². The van der Waals surface area contributed by atoms with Gasteiger partial charge in [-0.2, -0.15) is 0 Å². The molecule has 1 N–H and O–H groups in total. The van der Waals surface area contributed by atoms with Gasteiger partial charge < -0.3 is 0 Å². The van der Waals surface area contributed by atoms with Crippen LogP contribution in [0.1, 0.15) is 5.56 Å². The van der Waals surface area contributed by atoms with Crippen LogP contribution in [-0.4, -0.2) is 19.8 Å². The second-order valence-corrected chi connectivity index (χ2v) is 3.40. The van der Waals surface area contributed by atoms with Crippen molar-refractivity contribution in [3.8, 4) is 0 Å². The zero-order valence-corrected chi connectivity index (χ0v) is 9.63. The predicted molar refractivity (Wildman–Crippen MR) is 61.8 cm³/mol. The fraction of sp³-hybridized carbons (Fsp3) is 0.143.